The summed E-state index contributed by atoms with van der Waals surface area (Å²) in [6.45, 7) is 9.11. The SMILES string of the molecule is CC(C)NCc1cc(Cl)cc(S(=O)(=O)NC(C)(C)C)c1F. The second kappa shape index (κ2) is 6.60. The lowest BCUT2D eigenvalue weighted by Gasteiger charge is -2.21. The first-order valence-corrected chi connectivity index (χ1v) is 8.54. The van der Waals surface area contributed by atoms with Gasteiger partial charge >= 0.3 is 0 Å². The Balaban J connectivity index is 3.25. The van der Waals surface area contributed by atoms with Crippen molar-refractivity contribution in [3.05, 3.63) is 28.5 Å². The molecule has 0 amide bonds. The molecule has 0 aromatic heterocycles. The van der Waals surface area contributed by atoms with E-state index in [4.69, 9.17) is 11.6 Å². The van der Waals surface area contributed by atoms with Crippen molar-refractivity contribution >= 4 is 21.6 Å². The minimum absolute atomic E-state index is 0.149. The van der Waals surface area contributed by atoms with Gasteiger partial charge in [-0.2, -0.15) is 0 Å². The zero-order chi connectivity index (χ0) is 16.4. The molecule has 0 bridgehead atoms. The number of sulfonamides is 1. The molecule has 2 N–H and O–H groups in total. The average molecular weight is 337 g/mol. The summed E-state index contributed by atoms with van der Waals surface area (Å²) >= 11 is 5.93. The van der Waals surface area contributed by atoms with Gasteiger partial charge in [0.05, 0.1) is 0 Å². The van der Waals surface area contributed by atoms with Gasteiger partial charge < -0.3 is 5.32 Å². The van der Waals surface area contributed by atoms with Gasteiger partial charge in [-0.3, -0.25) is 0 Å². The van der Waals surface area contributed by atoms with Crippen LogP contribution in [0.4, 0.5) is 4.39 Å². The third kappa shape index (κ3) is 5.54. The van der Waals surface area contributed by atoms with Crippen LogP contribution in [-0.2, 0) is 16.6 Å². The molecule has 0 spiro atoms. The van der Waals surface area contributed by atoms with Crippen molar-refractivity contribution in [1.82, 2.24) is 10.0 Å². The van der Waals surface area contributed by atoms with Crippen LogP contribution in [0.3, 0.4) is 0 Å². The summed E-state index contributed by atoms with van der Waals surface area (Å²) in [6, 6.07) is 2.71. The topological polar surface area (TPSA) is 58.2 Å². The summed E-state index contributed by atoms with van der Waals surface area (Å²) in [5.41, 5.74) is -0.477. The Bertz CT molecular complexity index is 610. The molecular formula is C14H22ClFN2O2S. The minimum Gasteiger partial charge on any atom is -0.310 e. The largest absolute Gasteiger partial charge is 0.310 e. The van der Waals surface area contributed by atoms with Crippen LogP contribution < -0.4 is 10.0 Å². The standard InChI is InChI=1S/C14H22ClFN2O2S/c1-9(2)17-8-10-6-11(15)7-12(13(10)16)21(19,20)18-14(3,4)5/h6-7,9,17-18H,8H2,1-5H3. The summed E-state index contributed by atoms with van der Waals surface area (Å²) in [5.74, 6) is -0.774. The van der Waals surface area contributed by atoms with Crippen LogP contribution in [0, 0.1) is 5.82 Å². The lowest BCUT2D eigenvalue weighted by atomic mass is 10.1. The van der Waals surface area contributed by atoms with Gasteiger partial charge in [-0.15, -0.1) is 0 Å². The van der Waals surface area contributed by atoms with E-state index in [-0.39, 0.29) is 23.2 Å². The average Bonchev–Trinajstić information content (AvgIpc) is 2.26. The van der Waals surface area contributed by atoms with Gasteiger partial charge in [-0.25, -0.2) is 17.5 Å². The third-order valence-corrected chi connectivity index (χ3v) is 4.49. The molecule has 0 heterocycles. The number of hydrogen-bond acceptors (Lipinski definition) is 3. The Labute approximate surface area is 131 Å². The molecule has 1 aromatic carbocycles. The zero-order valence-corrected chi connectivity index (χ0v) is 14.5. The van der Waals surface area contributed by atoms with Crippen molar-refractivity contribution in [1.29, 1.82) is 0 Å². The van der Waals surface area contributed by atoms with E-state index in [0.717, 1.165) is 6.07 Å². The fourth-order valence-corrected chi connectivity index (χ4v) is 3.59. The van der Waals surface area contributed by atoms with E-state index in [0.29, 0.717) is 0 Å². The monoisotopic (exact) mass is 336 g/mol. The molecule has 1 aromatic rings. The molecule has 0 unspecified atom stereocenters. The van der Waals surface area contributed by atoms with Gasteiger partial charge in [0, 0.05) is 28.7 Å². The number of benzene rings is 1. The predicted molar refractivity (Wildman–Crippen MR) is 83.5 cm³/mol. The van der Waals surface area contributed by atoms with Gasteiger partial charge in [-0.05, 0) is 32.9 Å². The van der Waals surface area contributed by atoms with Crippen molar-refractivity contribution in [2.24, 2.45) is 0 Å². The van der Waals surface area contributed by atoms with E-state index in [1.54, 1.807) is 20.8 Å². The highest BCUT2D eigenvalue weighted by Crippen LogP contribution is 2.25. The van der Waals surface area contributed by atoms with Crippen LogP contribution in [0.15, 0.2) is 17.0 Å². The Hall–Kier alpha value is -0.690. The highest BCUT2D eigenvalue weighted by atomic mass is 35.5. The summed E-state index contributed by atoms with van der Waals surface area (Å²) in [7, 11) is -3.97. The Morgan fingerprint density at radius 1 is 1.29 bits per heavy atom. The van der Waals surface area contributed by atoms with E-state index in [9.17, 15) is 12.8 Å². The van der Waals surface area contributed by atoms with Crippen molar-refractivity contribution < 1.29 is 12.8 Å². The fraction of sp³-hybridized carbons (Fsp3) is 0.571. The number of nitrogens with one attached hydrogen (secondary N) is 2. The van der Waals surface area contributed by atoms with Gasteiger partial charge in [-0.1, -0.05) is 25.4 Å². The summed E-state index contributed by atoms with van der Waals surface area (Å²) < 4.78 is 41.4. The first-order valence-electron chi connectivity index (χ1n) is 6.67. The summed E-state index contributed by atoms with van der Waals surface area (Å²) in [4.78, 5) is -0.425. The highest BCUT2D eigenvalue weighted by Gasteiger charge is 2.26. The van der Waals surface area contributed by atoms with E-state index in [1.807, 2.05) is 13.8 Å². The van der Waals surface area contributed by atoms with E-state index in [2.05, 4.69) is 10.0 Å². The smallest absolute Gasteiger partial charge is 0.244 e. The molecule has 7 heteroatoms. The molecule has 1 rings (SSSR count). The molecule has 120 valence electrons. The number of rotatable bonds is 5. The first kappa shape index (κ1) is 18.4. The number of halogens is 2. The number of hydrogen-bond donors (Lipinski definition) is 2. The molecule has 0 atom stereocenters. The second-order valence-electron chi connectivity index (χ2n) is 6.27. The molecule has 0 aliphatic rings. The zero-order valence-electron chi connectivity index (χ0n) is 12.9. The van der Waals surface area contributed by atoms with Crippen LogP contribution in [0.1, 0.15) is 40.2 Å². The van der Waals surface area contributed by atoms with Gasteiger partial charge in [0.15, 0.2) is 0 Å². The molecule has 0 aliphatic carbocycles. The quantitative estimate of drug-likeness (QED) is 0.868. The van der Waals surface area contributed by atoms with Crippen molar-refractivity contribution in [2.45, 2.75) is 57.6 Å². The molecule has 21 heavy (non-hydrogen) atoms. The second-order valence-corrected chi connectivity index (χ2v) is 8.36. The van der Waals surface area contributed by atoms with Crippen molar-refractivity contribution in [2.75, 3.05) is 0 Å². The Kier molecular flexibility index (Phi) is 5.77. The van der Waals surface area contributed by atoms with E-state index >= 15 is 0 Å². The fourth-order valence-electron chi connectivity index (χ4n) is 1.71. The maximum atomic E-state index is 14.5. The minimum atomic E-state index is -3.97. The van der Waals surface area contributed by atoms with Crippen LogP contribution >= 0.6 is 11.6 Å². The first-order chi connectivity index (χ1) is 9.42. The van der Waals surface area contributed by atoms with Crippen molar-refractivity contribution in [3.8, 4) is 0 Å². The van der Waals surface area contributed by atoms with Crippen LogP contribution in [0.5, 0.6) is 0 Å². The highest BCUT2D eigenvalue weighted by molar-refractivity contribution is 7.89. The maximum absolute atomic E-state index is 14.5. The molecule has 4 nitrogen and oxygen atoms in total. The molecule has 0 radical (unpaired) electrons. The van der Waals surface area contributed by atoms with E-state index < -0.39 is 26.3 Å². The van der Waals surface area contributed by atoms with Gasteiger partial charge in [0.2, 0.25) is 10.0 Å². The maximum Gasteiger partial charge on any atom is 0.244 e. The van der Waals surface area contributed by atoms with Crippen LogP contribution in [0.25, 0.3) is 0 Å². The third-order valence-electron chi connectivity index (χ3n) is 2.51. The molecule has 0 saturated carbocycles. The molecule has 0 saturated heterocycles. The normalized spacial score (nSPS) is 13.0. The van der Waals surface area contributed by atoms with Gasteiger partial charge in [0.25, 0.3) is 0 Å². The van der Waals surface area contributed by atoms with Crippen molar-refractivity contribution in [3.63, 3.8) is 0 Å². The lowest BCUT2D eigenvalue weighted by molar-refractivity contribution is 0.483. The Morgan fingerprint density at radius 2 is 1.86 bits per heavy atom. The van der Waals surface area contributed by atoms with Crippen LogP contribution in [-0.4, -0.2) is 20.0 Å². The summed E-state index contributed by atoms with van der Waals surface area (Å²) in [5, 5.41) is 3.23. The molecular weight excluding hydrogens is 315 g/mol. The van der Waals surface area contributed by atoms with Gasteiger partial charge in [0.1, 0.15) is 10.7 Å². The Morgan fingerprint density at radius 3 is 2.33 bits per heavy atom. The van der Waals surface area contributed by atoms with E-state index in [1.165, 1.54) is 6.07 Å². The van der Waals surface area contributed by atoms with Crippen LogP contribution in [0.2, 0.25) is 5.02 Å². The summed E-state index contributed by atoms with van der Waals surface area (Å²) in [6.07, 6.45) is 0. The molecule has 0 fully saturated rings. The predicted octanol–water partition coefficient (Wildman–Crippen LogP) is 3.05. The molecule has 0 aliphatic heterocycles. The lowest BCUT2D eigenvalue weighted by Crippen LogP contribution is -2.41.